The molecule has 6 heteroatoms. The lowest BCUT2D eigenvalue weighted by Gasteiger charge is -2.34. The van der Waals surface area contributed by atoms with Crippen molar-refractivity contribution in [3.05, 3.63) is 47.2 Å². The van der Waals surface area contributed by atoms with E-state index >= 15 is 0 Å². The van der Waals surface area contributed by atoms with E-state index in [-0.39, 0.29) is 5.82 Å². The van der Waals surface area contributed by atoms with Crippen LogP contribution in [-0.4, -0.2) is 43.1 Å². The fourth-order valence-electron chi connectivity index (χ4n) is 2.94. The van der Waals surface area contributed by atoms with Crippen LogP contribution in [-0.2, 0) is 0 Å². The summed E-state index contributed by atoms with van der Waals surface area (Å²) >= 11 is 7.53. The van der Waals surface area contributed by atoms with Crippen LogP contribution in [0.25, 0.3) is 20.8 Å². The highest BCUT2D eigenvalue weighted by Gasteiger charge is 2.19. The Labute approximate surface area is 149 Å². The molecule has 4 rings (SSSR count). The molecule has 24 heavy (non-hydrogen) atoms. The number of hydrogen-bond donors (Lipinski definition) is 0. The van der Waals surface area contributed by atoms with Crippen LogP contribution in [0.1, 0.15) is 0 Å². The molecule has 3 nitrogen and oxygen atoms in total. The maximum Gasteiger partial charge on any atom is 0.148 e. The van der Waals surface area contributed by atoms with Gasteiger partial charge in [-0.1, -0.05) is 23.7 Å². The lowest BCUT2D eigenvalue weighted by Crippen LogP contribution is -2.44. The zero-order valence-corrected chi connectivity index (χ0v) is 14.9. The first-order valence-electron chi connectivity index (χ1n) is 7.90. The Morgan fingerprint density at radius 1 is 1.08 bits per heavy atom. The highest BCUT2D eigenvalue weighted by molar-refractivity contribution is 7.21. The number of rotatable bonds is 2. The van der Waals surface area contributed by atoms with Gasteiger partial charge in [0.15, 0.2) is 0 Å². The van der Waals surface area contributed by atoms with Gasteiger partial charge in [0.05, 0.1) is 15.9 Å². The van der Waals surface area contributed by atoms with E-state index < -0.39 is 0 Å². The molecule has 124 valence electrons. The molecule has 0 radical (unpaired) electrons. The van der Waals surface area contributed by atoms with Gasteiger partial charge in [-0.3, -0.25) is 0 Å². The summed E-state index contributed by atoms with van der Waals surface area (Å²) in [6.45, 7) is 3.61. The lowest BCUT2D eigenvalue weighted by molar-refractivity contribution is 0.312. The van der Waals surface area contributed by atoms with E-state index in [1.807, 2.05) is 30.3 Å². The summed E-state index contributed by atoms with van der Waals surface area (Å²) in [7, 11) is 2.10. The molecule has 0 atom stereocenters. The van der Waals surface area contributed by atoms with E-state index in [1.165, 1.54) is 0 Å². The predicted octanol–water partition coefficient (Wildman–Crippen LogP) is 4.51. The first kappa shape index (κ1) is 15.8. The first-order valence-corrected chi connectivity index (χ1v) is 9.09. The van der Waals surface area contributed by atoms with Crippen molar-refractivity contribution in [3.63, 3.8) is 0 Å². The minimum absolute atomic E-state index is 0.194. The van der Waals surface area contributed by atoms with Crippen LogP contribution in [0.3, 0.4) is 0 Å². The van der Waals surface area contributed by atoms with Crippen LogP contribution in [0.4, 0.5) is 10.1 Å². The molecule has 0 aliphatic carbocycles. The highest BCUT2D eigenvalue weighted by atomic mass is 35.5. The van der Waals surface area contributed by atoms with Crippen LogP contribution >= 0.6 is 22.9 Å². The van der Waals surface area contributed by atoms with E-state index in [4.69, 9.17) is 11.6 Å². The van der Waals surface area contributed by atoms with Crippen molar-refractivity contribution in [2.75, 3.05) is 38.1 Å². The van der Waals surface area contributed by atoms with Crippen LogP contribution in [0, 0.1) is 5.82 Å². The van der Waals surface area contributed by atoms with Crippen molar-refractivity contribution in [1.29, 1.82) is 0 Å². The quantitative estimate of drug-likeness (QED) is 0.669. The lowest BCUT2D eigenvalue weighted by atomic mass is 10.2. The largest absolute Gasteiger partial charge is 0.367 e. The van der Waals surface area contributed by atoms with Gasteiger partial charge in [-0.05, 0) is 25.2 Å². The molecule has 2 aromatic carbocycles. The predicted molar refractivity (Wildman–Crippen MR) is 99.7 cm³/mol. The molecule has 1 aliphatic heterocycles. The third-order valence-corrected chi connectivity index (χ3v) is 5.71. The molecule has 0 saturated carbocycles. The van der Waals surface area contributed by atoms with E-state index in [9.17, 15) is 4.39 Å². The van der Waals surface area contributed by atoms with Gasteiger partial charge in [-0.15, -0.1) is 11.3 Å². The minimum Gasteiger partial charge on any atom is -0.367 e. The number of hydrogen-bond acceptors (Lipinski definition) is 4. The van der Waals surface area contributed by atoms with Gasteiger partial charge in [0.2, 0.25) is 0 Å². The van der Waals surface area contributed by atoms with Gasteiger partial charge >= 0.3 is 0 Å². The van der Waals surface area contributed by atoms with Crippen LogP contribution < -0.4 is 4.90 Å². The SMILES string of the molecule is CN1CCN(c2cc3sc(-c4ccc(Cl)cc4)nc3cc2F)CC1. The molecule has 1 saturated heterocycles. The Balaban J connectivity index is 1.71. The number of nitrogens with zero attached hydrogens (tertiary/aromatic N) is 3. The molecule has 3 aromatic rings. The number of piperazine rings is 1. The van der Waals surface area contributed by atoms with Crippen molar-refractivity contribution >= 4 is 38.8 Å². The molecule has 0 unspecified atom stereocenters. The van der Waals surface area contributed by atoms with Crippen molar-refractivity contribution in [1.82, 2.24) is 9.88 Å². The fraction of sp³-hybridized carbons (Fsp3) is 0.278. The number of likely N-dealkylation sites (N-methyl/N-ethyl adjacent to an activating group) is 1. The molecule has 1 fully saturated rings. The van der Waals surface area contributed by atoms with Gasteiger partial charge in [0.1, 0.15) is 10.8 Å². The third-order valence-electron chi connectivity index (χ3n) is 4.39. The average Bonchev–Trinajstić information content (AvgIpc) is 2.98. The standard InChI is InChI=1S/C18H17ClFN3S/c1-22-6-8-23(9-7-22)16-11-17-15(10-14(16)20)21-18(24-17)12-2-4-13(19)5-3-12/h2-5,10-11H,6-9H2,1H3. The van der Waals surface area contributed by atoms with Crippen molar-refractivity contribution in [2.24, 2.45) is 0 Å². The molecular formula is C18H17ClFN3S. The normalized spacial score (nSPS) is 16.0. The molecule has 2 heterocycles. The van der Waals surface area contributed by atoms with Crippen molar-refractivity contribution in [3.8, 4) is 10.6 Å². The van der Waals surface area contributed by atoms with Crippen LogP contribution in [0.2, 0.25) is 5.02 Å². The minimum atomic E-state index is -0.194. The molecule has 0 spiro atoms. The van der Waals surface area contributed by atoms with Crippen LogP contribution in [0.5, 0.6) is 0 Å². The summed E-state index contributed by atoms with van der Waals surface area (Å²) < 4.78 is 15.6. The zero-order valence-electron chi connectivity index (χ0n) is 13.3. The Bertz CT molecular complexity index is 870. The summed E-state index contributed by atoms with van der Waals surface area (Å²) in [5.41, 5.74) is 2.39. The molecule has 0 amide bonds. The monoisotopic (exact) mass is 361 g/mol. The number of aromatic nitrogens is 1. The van der Waals surface area contributed by atoms with E-state index in [2.05, 4.69) is 21.8 Å². The van der Waals surface area contributed by atoms with Gasteiger partial charge in [0, 0.05) is 42.8 Å². The van der Waals surface area contributed by atoms with Crippen molar-refractivity contribution in [2.45, 2.75) is 0 Å². The Hall–Kier alpha value is -1.69. The van der Waals surface area contributed by atoms with Gasteiger partial charge in [-0.2, -0.15) is 0 Å². The second-order valence-corrected chi connectivity index (χ2v) is 7.55. The van der Waals surface area contributed by atoms with Gasteiger partial charge < -0.3 is 9.80 Å². The maximum absolute atomic E-state index is 14.6. The number of halogens is 2. The second-order valence-electron chi connectivity index (χ2n) is 6.09. The summed E-state index contributed by atoms with van der Waals surface area (Å²) in [4.78, 5) is 8.96. The maximum atomic E-state index is 14.6. The van der Waals surface area contributed by atoms with E-state index in [1.54, 1.807) is 17.4 Å². The Morgan fingerprint density at radius 3 is 2.50 bits per heavy atom. The Morgan fingerprint density at radius 2 is 1.79 bits per heavy atom. The second kappa shape index (κ2) is 6.31. The number of anilines is 1. The molecule has 0 bridgehead atoms. The topological polar surface area (TPSA) is 19.4 Å². The number of fused-ring (bicyclic) bond motifs is 1. The first-order chi connectivity index (χ1) is 11.6. The highest BCUT2D eigenvalue weighted by Crippen LogP contribution is 2.34. The summed E-state index contributed by atoms with van der Waals surface area (Å²) in [6, 6.07) is 11.1. The van der Waals surface area contributed by atoms with E-state index in [0.717, 1.165) is 41.5 Å². The van der Waals surface area contributed by atoms with E-state index in [0.29, 0.717) is 16.2 Å². The average molecular weight is 362 g/mol. The third kappa shape index (κ3) is 2.99. The summed E-state index contributed by atoms with van der Waals surface area (Å²) in [5.74, 6) is -0.194. The fourth-order valence-corrected chi connectivity index (χ4v) is 4.06. The van der Waals surface area contributed by atoms with Crippen LogP contribution in [0.15, 0.2) is 36.4 Å². The summed E-state index contributed by atoms with van der Waals surface area (Å²) in [5, 5.41) is 1.58. The van der Waals surface area contributed by atoms with Gasteiger partial charge in [0.25, 0.3) is 0 Å². The van der Waals surface area contributed by atoms with Gasteiger partial charge in [-0.25, -0.2) is 9.37 Å². The number of thiazole rings is 1. The number of benzene rings is 2. The molecule has 0 N–H and O–H groups in total. The molecular weight excluding hydrogens is 345 g/mol. The summed E-state index contributed by atoms with van der Waals surface area (Å²) in [6.07, 6.45) is 0. The molecule has 1 aromatic heterocycles. The smallest absolute Gasteiger partial charge is 0.148 e. The zero-order chi connectivity index (χ0) is 16.7. The van der Waals surface area contributed by atoms with Crippen molar-refractivity contribution < 1.29 is 4.39 Å². The Kier molecular flexibility index (Phi) is 4.16. The molecule has 1 aliphatic rings.